The van der Waals surface area contributed by atoms with Crippen LogP contribution in [0.15, 0.2) is 78.9 Å². The second kappa shape index (κ2) is 8.35. The summed E-state index contributed by atoms with van der Waals surface area (Å²) in [4.78, 5) is 12.3. The maximum atomic E-state index is 13.1. The van der Waals surface area contributed by atoms with Gasteiger partial charge in [-0.1, -0.05) is 42.5 Å². The van der Waals surface area contributed by atoms with Gasteiger partial charge in [0.1, 0.15) is 18.2 Å². The third-order valence-electron chi connectivity index (χ3n) is 5.26. The molecule has 0 bridgehead atoms. The Bertz CT molecular complexity index is 952. The van der Waals surface area contributed by atoms with Crippen LogP contribution in [0.2, 0.25) is 0 Å². The van der Waals surface area contributed by atoms with Gasteiger partial charge in [-0.3, -0.25) is 0 Å². The summed E-state index contributed by atoms with van der Waals surface area (Å²) in [5, 5.41) is 5.77. The average molecular weight is 390 g/mol. The minimum Gasteiger partial charge on any atom is -0.489 e. The van der Waals surface area contributed by atoms with E-state index in [1.54, 1.807) is 12.1 Å². The number of rotatable bonds is 7. The molecule has 0 saturated heterocycles. The summed E-state index contributed by atoms with van der Waals surface area (Å²) in [7, 11) is 0. The number of hydrogen-bond donors (Lipinski definition) is 2. The molecule has 3 aromatic rings. The Hall–Kier alpha value is -3.34. The predicted octanol–water partition coefficient (Wildman–Crippen LogP) is 5.26. The molecule has 0 atom stereocenters. The number of nitrogens with one attached hydrogen (secondary N) is 2. The van der Waals surface area contributed by atoms with Crippen LogP contribution >= 0.6 is 0 Å². The minimum absolute atomic E-state index is 0.0693. The number of ether oxygens (including phenoxy) is 1. The minimum atomic E-state index is -0.253. The molecule has 0 aliphatic heterocycles. The molecule has 3 aromatic carbocycles. The van der Waals surface area contributed by atoms with Gasteiger partial charge in [0.25, 0.3) is 0 Å². The molecule has 5 heteroatoms. The summed E-state index contributed by atoms with van der Waals surface area (Å²) in [5.74, 6) is 0.500. The van der Waals surface area contributed by atoms with E-state index in [1.807, 2.05) is 54.6 Å². The van der Waals surface area contributed by atoms with Crippen LogP contribution in [0, 0.1) is 5.82 Å². The van der Waals surface area contributed by atoms with Crippen molar-refractivity contribution in [1.82, 2.24) is 5.32 Å². The Morgan fingerprint density at radius 2 is 1.62 bits per heavy atom. The van der Waals surface area contributed by atoms with Crippen molar-refractivity contribution >= 4 is 11.7 Å². The van der Waals surface area contributed by atoms with Crippen molar-refractivity contribution in [3.63, 3.8) is 0 Å². The van der Waals surface area contributed by atoms with Crippen molar-refractivity contribution in [2.45, 2.75) is 24.9 Å². The molecule has 29 heavy (non-hydrogen) atoms. The first-order valence-corrected chi connectivity index (χ1v) is 9.71. The molecule has 1 aliphatic carbocycles. The second-order valence-corrected chi connectivity index (χ2v) is 7.39. The highest BCUT2D eigenvalue weighted by atomic mass is 19.1. The highest BCUT2D eigenvalue weighted by Crippen LogP contribution is 2.47. The largest absolute Gasteiger partial charge is 0.489 e. The molecule has 0 radical (unpaired) electrons. The number of hydrogen-bond acceptors (Lipinski definition) is 2. The fourth-order valence-corrected chi connectivity index (χ4v) is 3.32. The van der Waals surface area contributed by atoms with E-state index in [4.69, 9.17) is 4.74 Å². The smallest absolute Gasteiger partial charge is 0.319 e. The van der Waals surface area contributed by atoms with Crippen LogP contribution in [0.1, 0.15) is 24.0 Å². The van der Waals surface area contributed by atoms with Gasteiger partial charge < -0.3 is 15.4 Å². The van der Waals surface area contributed by atoms with Gasteiger partial charge in [0.15, 0.2) is 0 Å². The summed E-state index contributed by atoms with van der Waals surface area (Å²) >= 11 is 0. The summed E-state index contributed by atoms with van der Waals surface area (Å²) in [6.07, 6.45) is 1.98. The number of benzene rings is 3. The highest BCUT2D eigenvalue weighted by molar-refractivity contribution is 5.89. The van der Waals surface area contributed by atoms with E-state index in [1.165, 1.54) is 12.1 Å². The zero-order valence-electron chi connectivity index (χ0n) is 16.0. The van der Waals surface area contributed by atoms with Crippen molar-refractivity contribution in [2.75, 3.05) is 11.9 Å². The molecular formula is C24H23FN2O2. The van der Waals surface area contributed by atoms with Crippen LogP contribution in [0.25, 0.3) is 0 Å². The lowest BCUT2D eigenvalue weighted by Crippen LogP contribution is -2.35. The first kappa shape index (κ1) is 19.0. The van der Waals surface area contributed by atoms with Gasteiger partial charge in [-0.05, 0) is 60.4 Å². The van der Waals surface area contributed by atoms with Gasteiger partial charge in [-0.25, -0.2) is 9.18 Å². The average Bonchev–Trinajstić information content (AvgIpc) is 3.54. The standard InChI is InChI=1S/C24H23FN2O2/c25-20-8-6-19(7-9-20)24(14-15-24)17-26-23(28)27-21-10-12-22(13-11-21)29-16-18-4-2-1-3-5-18/h1-13H,14-17H2,(H2,26,27,28). The van der Waals surface area contributed by atoms with Crippen LogP contribution in [0.3, 0.4) is 0 Å². The number of carbonyl (C=O) groups is 1. The molecule has 0 unspecified atom stereocenters. The predicted molar refractivity (Wildman–Crippen MR) is 112 cm³/mol. The topological polar surface area (TPSA) is 50.4 Å². The number of urea groups is 1. The first-order valence-electron chi connectivity index (χ1n) is 9.71. The summed E-state index contributed by atoms with van der Waals surface area (Å²) in [6.45, 7) is 1.03. The molecule has 2 amide bonds. The fourth-order valence-electron chi connectivity index (χ4n) is 3.32. The lowest BCUT2D eigenvalue weighted by Gasteiger charge is -2.17. The molecule has 1 saturated carbocycles. The lowest BCUT2D eigenvalue weighted by molar-refractivity contribution is 0.251. The van der Waals surface area contributed by atoms with Gasteiger partial charge in [-0.15, -0.1) is 0 Å². The Balaban J connectivity index is 1.26. The second-order valence-electron chi connectivity index (χ2n) is 7.39. The molecule has 0 spiro atoms. The molecule has 0 heterocycles. The lowest BCUT2D eigenvalue weighted by atomic mass is 9.96. The first-order chi connectivity index (χ1) is 14.1. The quantitative estimate of drug-likeness (QED) is 0.578. The maximum Gasteiger partial charge on any atom is 0.319 e. The molecule has 0 aromatic heterocycles. The number of carbonyl (C=O) groups excluding carboxylic acids is 1. The molecule has 148 valence electrons. The number of anilines is 1. The van der Waals surface area contributed by atoms with Crippen LogP contribution in [0.4, 0.5) is 14.9 Å². The third kappa shape index (κ3) is 4.93. The van der Waals surface area contributed by atoms with E-state index in [9.17, 15) is 9.18 Å². The van der Waals surface area contributed by atoms with Crippen molar-refractivity contribution in [2.24, 2.45) is 0 Å². The zero-order chi connectivity index (χ0) is 20.1. The van der Waals surface area contributed by atoms with E-state index >= 15 is 0 Å². The van der Waals surface area contributed by atoms with E-state index in [0.29, 0.717) is 18.8 Å². The van der Waals surface area contributed by atoms with E-state index in [0.717, 1.165) is 29.7 Å². The molecule has 4 nitrogen and oxygen atoms in total. The van der Waals surface area contributed by atoms with Gasteiger partial charge in [0.05, 0.1) is 0 Å². The molecule has 2 N–H and O–H groups in total. The van der Waals surface area contributed by atoms with Gasteiger partial charge in [0.2, 0.25) is 0 Å². The number of amides is 2. The SMILES string of the molecule is O=C(NCC1(c2ccc(F)cc2)CC1)Nc1ccc(OCc2ccccc2)cc1. The molecular weight excluding hydrogens is 367 g/mol. The van der Waals surface area contributed by atoms with Crippen LogP contribution < -0.4 is 15.4 Å². The molecule has 4 rings (SSSR count). The Morgan fingerprint density at radius 3 is 2.28 bits per heavy atom. The van der Waals surface area contributed by atoms with Crippen LogP contribution in [-0.4, -0.2) is 12.6 Å². The van der Waals surface area contributed by atoms with E-state index < -0.39 is 0 Å². The maximum absolute atomic E-state index is 13.1. The van der Waals surface area contributed by atoms with Crippen molar-refractivity contribution in [1.29, 1.82) is 0 Å². The Kier molecular flexibility index (Phi) is 5.47. The number of halogens is 1. The fraction of sp³-hybridized carbons (Fsp3) is 0.208. The van der Waals surface area contributed by atoms with Gasteiger partial charge >= 0.3 is 6.03 Å². The van der Waals surface area contributed by atoms with Crippen molar-refractivity contribution in [3.05, 3.63) is 95.8 Å². The van der Waals surface area contributed by atoms with Crippen LogP contribution in [-0.2, 0) is 12.0 Å². The van der Waals surface area contributed by atoms with E-state index in [2.05, 4.69) is 10.6 Å². The third-order valence-corrected chi connectivity index (χ3v) is 5.26. The molecule has 1 aliphatic rings. The monoisotopic (exact) mass is 390 g/mol. The Labute approximate surface area is 169 Å². The molecule has 1 fully saturated rings. The summed E-state index contributed by atoms with van der Waals surface area (Å²) < 4.78 is 18.9. The van der Waals surface area contributed by atoms with Gasteiger partial charge in [0, 0.05) is 17.6 Å². The van der Waals surface area contributed by atoms with Crippen molar-refractivity contribution < 1.29 is 13.9 Å². The summed E-state index contributed by atoms with van der Waals surface area (Å²) in [6, 6.07) is 23.5. The Morgan fingerprint density at radius 1 is 0.931 bits per heavy atom. The highest BCUT2D eigenvalue weighted by Gasteiger charge is 2.44. The zero-order valence-corrected chi connectivity index (χ0v) is 16.0. The summed E-state index contributed by atoms with van der Waals surface area (Å²) in [5.41, 5.74) is 2.80. The van der Waals surface area contributed by atoms with Crippen molar-refractivity contribution in [3.8, 4) is 5.75 Å². The normalized spacial score (nSPS) is 14.1. The van der Waals surface area contributed by atoms with E-state index in [-0.39, 0.29) is 17.3 Å². The van der Waals surface area contributed by atoms with Crippen LogP contribution in [0.5, 0.6) is 5.75 Å². The van der Waals surface area contributed by atoms with Gasteiger partial charge in [-0.2, -0.15) is 0 Å².